The summed E-state index contributed by atoms with van der Waals surface area (Å²) in [6.07, 6.45) is 5.11. The number of amides is 1. The van der Waals surface area contributed by atoms with Crippen LogP contribution >= 0.6 is 22.9 Å². The van der Waals surface area contributed by atoms with Gasteiger partial charge in [0.25, 0.3) is 5.91 Å². The summed E-state index contributed by atoms with van der Waals surface area (Å²) in [7, 11) is 0. The van der Waals surface area contributed by atoms with Crippen LogP contribution < -0.4 is 10.6 Å². The van der Waals surface area contributed by atoms with E-state index >= 15 is 0 Å². The Balaban J connectivity index is 1.67. The average Bonchev–Trinajstić information content (AvgIpc) is 3.24. The van der Waals surface area contributed by atoms with Gasteiger partial charge in [-0.3, -0.25) is 4.79 Å². The zero-order valence-electron chi connectivity index (χ0n) is 15.9. The molecule has 0 radical (unpaired) electrons. The Labute approximate surface area is 175 Å². The number of quaternary nitrogens is 1. The Morgan fingerprint density at radius 3 is 2.71 bits per heavy atom. The lowest BCUT2D eigenvalue weighted by Crippen LogP contribution is -2.87. The molecule has 0 spiro atoms. The van der Waals surface area contributed by atoms with Crippen LogP contribution in [0.3, 0.4) is 0 Å². The first-order chi connectivity index (χ1) is 13.7. The van der Waals surface area contributed by atoms with Crippen LogP contribution in [0.1, 0.15) is 41.8 Å². The fraction of sp³-hybridized carbons (Fsp3) is 0.273. The zero-order valence-corrected chi connectivity index (χ0v) is 17.5. The number of anilines is 1. The van der Waals surface area contributed by atoms with E-state index < -0.39 is 0 Å². The first-order valence-corrected chi connectivity index (χ1v) is 10.8. The summed E-state index contributed by atoms with van der Waals surface area (Å²) < 4.78 is 0. The van der Waals surface area contributed by atoms with Crippen molar-refractivity contribution in [2.75, 3.05) is 11.9 Å². The molecule has 0 bridgehead atoms. The summed E-state index contributed by atoms with van der Waals surface area (Å²) in [4.78, 5) is 17.6. The maximum Gasteiger partial charge on any atom is 0.279 e. The van der Waals surface area contributed by atoms with Crippen LogP contribution in [0.4, 0.5) is 5.69 Å². The van der Waals surface area contributed by atoms with E-state index in [9.17, 15) is 4.79 Å². The topological polar surface area (TPSA) is 58.6 Å². The monoisotopic (exact) mass is 414 g/mol. The fourth-order valence-electron chi connectivity index (χ4n) is 3.06. The van der Waals surface area contributed by atoms with E-state index in [2.05, 4.69) is 58.3 Å². The number of benzene rings is 1. The van der Waals surface area contributed by atoms with E-state index in [0.717, 1.165) is 6.42 Å². The number of carbonyl (C=O) groups excluding carboxylic acids is 1. The van der Waals surface area contributed by atoms with Gasteiger partial charge in [0.2, 0.25) is 0 Å². The molecule has 3 aromatic rings. The van der Waals surface area contributed by atoms with Gasteiger partial charge in [0.15, 0.2) is 11.7 Å². The normalized spacial score (nSPS) is 11.9. The summed E-state index contributed by atoms with van der Waals surface area (Å²) in [6, 6.07) is 16.5. The second-order valence-electron chi connectivity index (χ2n) is 6.67. The average molecular weight is 415 g/mol. The summed E-state index contributed by atoms with van der Waals surface area (Å²) in [5.74, 6) is -0.101. The van der Waals surface area contributed by atoms with Crippen molar-refractivity contribution in [1.82, 2.24) is 4.98 Å². The molecule has 1 amide bonds. The predicted molar refractivity (Wildman–Crippen MR) is 116 cm³/mol. The maximum atomic E-state index is 12.4. The summed E-state index contributed by atoms with van der Waals surface area (Å²) in [5, 5.41) is 7.27. The van der Waals surface area contributed by atoms with Crippen molar-refractivity contribution in [2.45, 2.75) is 32.2 Å². The highest BCUT2D eigenvalue weighted by Gasteiger charge is 2.20. The number of pyridine rings is 1. The van der Waals surface area contributed by atoms with E-state index in [1.807, 2.05) is 6.07 Å². The highest BCUT2D eigenvalue weighted by atomic mass is 35.5. The molecule has 0 saturated heterocycles. The van der Waals surface area contributed by atoms with Gasteiger partial charge in [0, 0.05) is 11.8 Å². The number of unbranched alkanes of at least 4 members (excludes halogenated alkanes) is 1. The molecule has 3 rings (SSSR count). The lowest BCUT2D eigenvalue weighted by Gasteiger charge is -2.15. The van der Waals surface area contributed by atoms with Gasteiger partial charge in [-0.1, -0.05) is 55.3 Å². The zero-order chi connectivity index (χ0) is 19.8. The van der Waals surface area contributed by atoms with Crippen molar-refractivity contribution < 1.29 is 10.1 Å². The number of carbonyl (C=O) groups is 1. The van der Waals surface area contributed by atoms with Crippen LogP contribution in [0.15, 0.2) is 60.1 Å². The minimum Gasteiger partial charge on any atom is -0.328 e. The van der Waals surface area contributed by atoms with Crippen molar-refractivity contribution >= 4 is 34.5 Å². The van der Waals surface area contributed by atoms with Crippen LogP contribution in [0.25, 0.3) is 0 Å². The lowest BCUT2D eigenvalue weighted by molar-refractivity contribution is -0.675. The van der Waals surface area contributed by atoms with Crippen LogP contribution in [0.5, 0.6) is 0 Å². The standard InChI is InChI=1S/C22H24ClN3OS/c1-2-3-6-16-9-11-17(12-10-16)21(19-8-5-14-28-19)25-15-20(27)26-18-7-4-13-24-22(18)23/h4-5,7-14,21,25H,2-3,6,15H2,1H3,(H,26,27)/p+1/t21-/m0/s1. The quantitative estimate of drug-likeness (QED) is 0.509. The molecule has 3 N–H and O–H groups in total. The Kier molecular flexibility index (Phi) is 7.60. The Morgan fingerprint density at radius 2 is 2.04 bits per heavy atom. The number of nitrogens with one attached hydrogen (secondary N) is 1. The van der Waals surface area contributed by atoms with Gasteiger partial charge in [-0.25, -0.2) is 4.98 Å². The van der Waals surface area contributed by atoms with E-state index in [1.165, 1.54) is 28.8 Å². The third-order valence-corrected chi connectivity index (χ3v) is 5.84. The van der Waals surface area contributed by atoms with Gasteiger partial charge >= 0.3 is 0 Å². The molecular formula is C22H25ClN3OS+. The number of aryl methyl sites for hydroxylation is 1. The number of thiophene rings is 1. The van der Waals surface area contributed by atoms with E-state index in [-0.39, 0.29) is 11.9 Å². The number of rotatable bonds is 9. The molecule has 0 saturated carbocycles. The highest BCUT2D eigenvalue weighted by Crippen LogP contribution is 2.23. The third-order valence-electron chi connectivity index (χ3n) is 4.58. The van der Waals surface area contributed by atoms with Crippen molar-refractivity contribution in [3.05, 3.63) is 81.3 Å². The van der Waals surface area contributed by atoms with E-state index in [4.69, 9.17) is 11.6 Å². The molecule has 2 aromatic heterocycles. The molecule has 6 heteroatoms. The van der Waals surface area contributed by atoms with E-state index in [1.54, 1.807) is 29.7 Å². The molecule has 1 aromatic carbocycles. The van der Waals surface area contributed by atoms with Gasteiger partial charge < -0.3 is 10.6 Å². The molecule has 2 heterocycles. The summed E-state index contributed by atoms with van der Waals surface area (Å²) >= 11 is 7.73. The summed E-state index contributed by atoms with van der Waals surface area (Å²) in [6.45, 7) is 2.51. The van der Waals surface area contributed by atoms with Gasteiger partial charge in [-0.05, 0) is 42.0 Å². The first kappa shape index (κ1) is 20.5. The molecule has 0 unspecified atom stereocenters. The smallest absolute Gasteiger partial charge is 0.279 e. The molecule has 1 atom stereocenters. The molecule has 4 nitrogen and oxygen atoms in total. The number of nitrogens with two attached hydrogens (primary N) is 1. The Morgan fingerprint density at radius 1 is 1.21 bits per heavy atom. The van der Waals surface area contributed by atoms with Gasteiger partial charge in [0.1, 0.15) is 6.04 Å². The number of halogens is 1. The maximum absolute atomic E-state index is 12.4. The van der Waals surface area contributed by atoms with E-state index in [0.29, 0.717) is 17.4 Å². The molecular weight excluding hydrogens is 390 g/mol. The molecule has 0 fully saturated rings. The van der Waals surface area contributed by atoms with Crippen molar-refractivity contribution in [3.63, 3.8) is 0 Å². The largest absolute Gasteiger partial charge is 0.328 e. The molecule has 146 valence electrons. The van der Waals surface area contributed by atoms with Crippen LogP contribution in [-0.4, -0.2) is 17.4 Å². The third kappa shape index (κ3) is 5.64. The SMILES string of the molecule is CCCCc1ccc([C@H]([NH2+]CC(=O)Nc2cccnc2Cl)c2cccs2)cc1. The Hall–Kier alpha value is -2.21. The number of nitrogens with zero attached hydrogens (tertiary/aromatic N) is 1. The van der Waals surface area contributed by atoms with Gasteiger partial charge in [-0.15, -0.1) is 11.3 Å². The fourth-order valence-corrected chi connectivity index (χ4v) is 4.08. The molecule has 0 aliphatic rings. The predicted octanol–water partition coefficient (Wildman–Crippen LogP) is 4.43. The molecule has 28 heavy (non-hydrogen) atoms. The molecule has 0 aliphatic carbocycles. The van der Waals surface area contributed by atoms with Gasteiger partial charge in [-0.2, -0.15) is 0 Å². The van der Waals surface area contributed by atoms with Crippen LogP contribution in [-0.2, 0) is 11.2 Å². The van der Waals surface area contributed by atoms with Crippen molar-refractivity contribution in [3.8, 4) is 0 Å². The highest BCUT2D eigenvalue weighted by molar-refractivity contribution is 7.10. The minimum atomic E-state index is -0.101. The van der Waals surface area contributed by atoms with Gasteiger partial charge in [0.05, 0.1) is 10.6 Å². The first-order valence-electron chi connectivity index (χ1n) is 9.53. The number of aromatic nitrogens is 1. The minimum absolute atomic E-state index is 0.0929. The Bertz CT molecular complexity index is 881. The number of hydrogen-bond acceptors (Lipinski definition) is 3. The lowest BCUT2D eigenvalue weighted by atomic mass is 10.0. The molecule has 0 aliphatic heterocycles. The van der Waals surface area contributed by atoms with Crippen LogP contribution in [0.2, 0.25) is 5.15 Å². The second kappa shape index (κ2) is 10.4. The second-order valence-corrected chi connectivity index (χ2v) is 8.01. The van der Waals surface area contributed by atoms with Crippen LogP contribution in [0, 0.1) is 0 Å². The van der Waals surface area contributed by atoms with Crippen molar-refractivity contribution in [1.29, 1.82) is 0 Å². The number of hydrogen-bond donors (Lipinski definition) is 2. The van der Waals surface area contributed by atoms with Crippen molar-refractivity contribution in [2.24, 2.45) is 0 Å². The summed E-state index contributed by atoms with van der Waals surface area (Å²) in [5.41, 5.74) is 3.10.